The molecule has 0 aromatic carbocycles. The van der Waals surface area contributed by atoms with Crippen molar-refractivity contribution in [2.24, 2.45) is 4.99 Å². The van der Waals surface area contributed by atoms with Gasteiger partial charge in [0.2, 0.25) is 0 Å². The molecule has 0 radical (unpaired) electrons. The van der Waals surface area contributed by atoms with E-state index in [1.807, 2.05) is 0 Å². The van der Waals surface area contributed by atoms with Crippen LogP contribution in [0.3, 0.4) is 0 Å². The Kier molecular flexibility index (Phi) is 10.6. The van der Waals surface area contributed by atoms with Gasteiger partial charge in [0.25, 0.3) is 0 Å². The number of nitrogens with zero attached hydrogens (tertiary/aromatic N) is 2. The predicted molar refractivity (Wildman–Crippen MR) is 74.5 cm³/mol. The van der Waals surface area contributed by atoms with Gasteiger partial charge in [-0.3, -0.25) is 4.99 Å². The number of aliphatic imine (C=N–C) groups is 1. The van der Waals surface area contributed by atoms with Crippen LogP contribution in [0, 0.1) is 0 Å². The summed E-state index contributed by atoms with van der Waals surface area (Å²) in [4.78, 5) is 26.9. The zero-order valence-corrected chi connectivity index (χ0v) is 10.7. The van der Waals surface area contributed by atoms with Crippen molar-refractivity contribution < 1.29 is 28.9 Å². The van der Waals surface area contributed by atoms with Crippen LogP contribution >= 0.6 is 7.68 Å². The summed E-state index contributed by atoms with van der Waals surface area (Å²) in [5.74, 6) is -3.71. The van der Waals surface area contributed by atoms with E-state index in [2.05, 4.69) is 4.99 Å². The van der Waals surface area contributed by atoms with Gasteiger partial charge >= 0.3 is 78.7 Å². The fourth-order valence-corrected chi connectivity index (χ4v) is 2.36. The average molecular weight is 324 g/mol. The molecule has 11 heteroatoms. The summed E-state index contributed by atoms with van der Waals surface area (Å²) < 4.78 is 22.0. The summed E-state index contributed by atoms with van der Waals surface area (Å²) in [5.41, 5.74) is 0. The first-order valence-corrected chi connectivity index (χ1v) is 6.50. The van der Waals surface area contributed by atoms with E-state index in [0.29, 0.717) is 0 Å². The Morgan fingerprint density at radius 3 is 2.10 bits per heavy atom. The van der Waals surface area contributed by atoms with Crippen LogP contribution in [0.15, 0.2) is 4.99 Å². The fourth-order valence-electron chi connectivity index (χ4n) is 1.88. The van der Waals surface area contributed by atoms with Crippen molar-refractivity contribution in [3.63, 3.8) is 0 Å². The number of carbonyl (C=O) groups is 2. The van der Waals surface area contributed by atoms with Crippen LogP contribution in [0.25, 0.3) is 0 Å². The molecule has 8 nitrogen and oxygen atoms in total. The summed E-state index contributed by atoms with van der Waals surface area (Å²) in [6, 6.07) is -2.96. The number of carboxylic acids is 2. The molecule has 1 aliphatic rings. The van der Waals surface area contributed by atoms with Crippen molar-refractivity contribution in [1.82, 2.24) is 4.90 Å². The van der Waals surface area contributed by atoms with Gasteiger partial charge in [-0.05, 0) is 6.92 Å². The third-order valence-electron chi connectivity index (χ3n) is 2.71. The van der Waals surface area contributed by atoms with Crippen molar-refractivity contribution in [3.05, 3.63) is 0 Å². The minimum absolute atomic E-state index is 0. The van der Waals surface area contributed by atoms with Crippen LogP contribution < -0.4 is 0 Å². The summed E-state index contributed by atoms with van der Waals surface area (Å²) in [7, 11) is -2.91. The minimum atomic E-state index is -2.91. The number of hydrogen-bond donors (Lipinski definition) is 2. The normalized spacial score (nSPS) is 22.1. The van der Waals surface area contributed by atoms with Crippen molar-refractivity contribution in [3.8, 4) is 0 Å². The van der Waals surface area contributed by atoms with Crippen molar-refractivity contribution in [1.29, 1.82) is 0 Å². The second-order valence-electron chi connectivity index (χ2n) is 3.79. The SMILES string of the molecule is CCC1=NC(C(=O)O)C(C(=O)O)N1C(C)P(=O)=O.[NaH].[NaH]. The first-order chi connectivity index (χ1) is 8.31. The molecular formula is C9H15N2Na2O6P. The molecular weight excluding hydrogens is 309 g/mol. The molecule has 2 N–H and O–H groups in total. The van der Waals surface area contributed by atoms with E-state index in [4.69, 9.17) is 10.2 Å². The second-order valence-corrected chi connectivity index (χ2v) is 5.11. The molecule has 0 aromatic rings. The van der Waals surface area contributed by atoms with Crippen molar-refractivity contribution >= 4 is 84.6 Å². The Balaban J connectivity index is 0. The van der Waals surface area contributed by atoms with Crippen LogP contribution in [0.2, 0.25) is 0 Å². The van der Waals surface area contributed by atoms with Crippen LogP contribution in [-0.4, -0.2) is 110 Å². The summed E-state index contributed by atoms with van der Waals surface area (Å²) >= 11 is 0. The maximum atomic E-state index is 11.1. The summed E-state index contributed by atoms with van der Waals surface area (Å²) in [5, 5.41) is 18.0. The zero-order chi connectivity index (χ0) is 14.0. The molecule has 1 rings (SSSR count). The molecule has 0 saturated heterocycles. The Morgan fingerprint density at radius 1 is 1.30 bits per heavy atom. The molecule has 0 saturated carbocycles. The number of hydrogen-bond acceptors (Lipinski definition) is 6. The standard InChI is InChI=1S/C9H13N2O6P.2Na.2H/c1-3-5-10-6(8(12)13)7(9(14)15)11(5)4(2)18(16)17;;;;/h4,6-7H,3H2,1-2H3,(H,12,13)(H,14,15);;;;. The van der Waals surface area contributed by atoms with Gasteiger partial charge in [0.15, 0.2) is 12.1 Å². The van der Waals surface area contributed by atoms with Gasteiger partial charge in [-0.2, -0.15) is 0 Å². The monoisotopic (exact) mass is 324 g/mol. The van der Waals surface area contributed by atoms with Crippen molar-refractivity contribution in [2.45, 2.75) is 38.1 Å². The van der Waals surface area contributed by atoms with E-state index in [0.717, 1.165) is 4.90 Å². The molecule has 1 aliphatic heterocycles. The van der Waals surface area contributed by atoms with E-state index in [1.54, 1.807) is 6.92 Å². The quantitative estimate of drug-likeness (QED) is 0.503. The number of aliphatic carboxylic acids is 2. The van der Waals surface area contributed by atoms with Crippen LogP contribution in [-0.2, 0) is 18.7 Å². The van der Waals surface area contributed by atoms with E-state index in [-0.39, 0.29) is 71.4 Å². The Hall–Kier alpha value is 0.310. The van der Waals surface area contributed by atoms with Crippen LogP contribution in [0.4, 0.5) is 0 Å². The van der Waals surface area contributed by atoms with Crippen LogP contribution in [0.1, 0.15) is 20.3 Å². The number of carboxylic acid groups (broad SMARTS) is 2. The summed E-state index contributed by atoms with van der Waals surface area (Å²) in [6.07, 6.45) is 0.265. The maximum absolute atomic E-state index is 11.1. The number of amidine groups is 1. The molecule has 0 amide bonds. The Morgan fingerprint density at radius 2 is 1.80 bits per heavy atom. The second kappa shape index (κ2) is 9.35. The van der Waals surface area contributed by atoms with E-state index in [1.165, 1.54) is 6.92 Å². The van der Waals surface area contributed by atoms with Gasteiger partial charge in [-0.25, -0.2) is 18.7 Å². The third-order valence-corrected chi connectivity index (χ3v) is 3.57. The Labute approximate surface area is 160 Å². The zero-order valence-electron chi connectivity index (χ0n) is 9.81. The average Bonchev–Trinajstić information content (AvgIpc) is 2.66. The molecule has 0 aromatic heterocycles. The summed E-state index contributed by atoms with van der Waals surface area (Å²) in [6.45, 7) is 2.95. The van der Waals surface area contributed by atoms with E-state index < -0.39 is 37.5 Å². The molecule has 104 valence electrons. The van der Waals surface area contributed by atoms with Gasteiger partial charge in [-0.15, -0.1) is 0 Å². The molecule has 0 fully saturated rings. The molecule has 20 heavy (non-hydrogen) atoms. The molecule has 0 aliphatic carbocycles. The van der Waals surface area contributed by atoms with E-state index >= 15 is 0 Å². The van der Waals surface area contributed by atoms with Gasteiger partial charge < -0.3 is 15.1 Å². The Bertz CT molecular complexity index is 473. The molecule has 0 spiro atoms. The van der Waals surface area contributed by atoms with Gasteiger partial charge in [0.05, 0.1) is 0 Å². The van der Waals surface area contributed by atoms with Gasteiger partial charge in [-0.1, -0.05) is 6.92 Å². The van der Waals surface area contributed by atoms with Crippen LogP contribution in [0.5, 0.6) is 0 Å². The fraction of sp³-hybridized carbons (Fsp3) is 0.667. The topological polar surface area (TPSA) is 124 Å². The van der Waals surface area contributed by atoms with Gasteiger partial charge in [0.1, 0.15) is 11.6 Å². The molecule has 1 heterocycles. The molecule has 0 bridgehead atoms. The number of rotatable bonds is 5. The molecule has 3 unspecified atom stereocenters. The van der Waals surface area contributed by atoms with Gasteiger partial charge in [0, 0.05) is 6.42 Å². The molecule has 3 atom stereocenters. The first-order valence-electron chi connectivity index (χ1n) is 5.25. The first kappa shape index (κ1) is 22.6. The van der Waals surface area contributed by atoms with E-state index in [9.17, 15) is 18.7 Å². The van der Waals surface area contributed by atoms with Crippen molar-refractivity contribution in [2.75, 3.05) is 0 Å². The predicted octanol–water partition coefficient (Wildman–Crippen LogP) is -0.761. The third kappa shape index (κ3) is 4.66.